The van der Waals surface area contributed by atoms with E-state index in [1.54, 1.807) is 11.8 Å². The lowest BCUT2D eigenvalue weighted by Crippen LogP contribution is -2.09. The van der Waals surface area contributed by atoms with E-state index in [-0.39, 0.29) is 6.42 Å². The van der Waals surface area contributed by atoms with Crippen molar-refractivity contribution < 1.29 is 9.90 Å². The highest BCUT2D eigenvalue weighted by molar-refractivity contribution is 7.99. The Bertz CT molecular complexity index is 636. The maximum atomic E-state index is 10.8. The Morgan fingerprint density at radius 2 is 2.00 bits per heavy atom. The molecule has 118 valence electrons. The molecule has 0 bridgehead atoms. The highest BCUT2D eigenvalue weighted by atomic mass is 32.2. The van der Waals surface area contributed by atoms with E-state index < -0.39 is 5.97 Å². The third kappa shape index (κ3) is 3.91. The van der Waals surface area contributed by atoms with Crippen molar-refractivity contribution >= 4 is 17.7 Å². The van der Waals surface area contributed by atoms with E-state index in [9.17, 15) is 4.79 Å². The van der Waals surface area contributed by atoms with Crippen LogP contribution in [0.25, 0.3) is 0 Å². The highest BCUT2D eigenvalue weighted by Crippen LogP contribution is 2.34. The maximum absolute atomic E-state index is 10.8. The van der Waals surface area contributed by atoms with Crippen LogP contribution in [0.1, 0.15) is 44.6 Å². The summed E-state index contributed by atoms with van der Waals surface area (Å²) in [6.45, 7) is 7.19. The van der Waals surface area contributed by atoms with Gasteiger partial charge in [0.2, 0.25) is 0 Å². The third-order valence-corrected chi connectivity index (χ3v) is 4.44. The van der Waals surface area contributed by atoms with Gasteiger partial charge in [0.15, 0.2) is 0 Å². The minimum absolute atomic E-state index is 0.115. The van der Waals surface area contributed by atoms with Crippen LogP contribution in [0.4, 0.5) is 0 Å². The van der Waals surface area contributed by atoms with E-state index in [2.05, 4.69) is 37.5 Å². The molecule has 1 aromatic heterocycles. The average molecular weight is 318 g/mol. The molecule has 0 radical (unpaired) electrons. The Balaban J connectivity index is 2.37. The fourth-order valence-electron chi connectivity index (χ4n) is 2.49. The van der Waals surface area contributed by atoms with Gasteiger partial charge < -0.3 is 9.67 Å². The van der Waals surface area contributed by atoms with Crippen LogP contribution in [0, 0.1) is 0 Å². The molecular weight excluding hydrogens is 296 g/mol. The molecule has 0 aliphatic rings. The van der Waals surface area contributed by atoms with Crippen LogP contribution in [0.5, 0.6) is 0 Å². The summed E-state index contributed by atoms with van der Waals surface area (Å²) in [5.41, 5.74) is 1.19. The number of imidazole rings is 1. The van der Waals surface area contributed by atoms with Crippen LogP contribution in [0.3, 0.4) is 0 Å². The molecule has 0 aliphatic carbocycles. The topological polar surface area (TPSA) is 55.1 Å². The molecule has 0 saturated heterocycles. The molecule has 0 saturated carbocycles. The van der Waals surface area contributed by atoms with Crippen molar-refractivity contribution in [1.82, 2.24) is 9.55 Å². The van der Waals surface area contributed by atoms with E-state index in [0.717, 1.165) is 22.3 Å². The Kier molecular flexibility index (Phi) is 5.66. The quantitative estimate of drug-likeness (QED) is 0.831. The van der Waals surface area contributed by atoms with E-state index in [0.29, 0.717) is 12.3 Å². The third-order valence-electron chi connectivity index (χ3n) is 3.44. The number of carbonyl (C=O) groups is 1. The van der Waals surface area contributed by atoms with Gasteiger partial charge in [0, 0.05) is 17.9 Å². The Morgan fingerprint density at radius 3 is 2.55 bits per heavy atom. The minimum Gasteiger partial charge on any atom is -0.481 e. The number of hydrogen-bond acceptors (Lipinski definition) is 3. The normalized spacial score (nSPS) is 11.1. The summed E-state index contributed by atoms with van der Waals surface area (Å²) in [4.78, 5) is 16.7. The Morgan fingerprint density at radius 1 is 1.32 bits per heavy atom. The van der Waals surface area contributed by atoms with Gasteiger partial charge in [-0.05, 0) is 25.0 Å². The zero-order valence-electron chi connectivity index (χ0n) is 13.2. The van der Waals surface area contributed by atoms with Gasteiger partial charge in [-0.25, -0.2) is 4.98 Å². The van der Waals surface area contributed by atoms with Gasteiger partial charge >= 0.3 is 5.97 Å². The number of rotatable bonds is 7. The SMILES string of the molecule is CCn1c(CCC(=O)O)nc(Sc2ccccc2)c1C(C)C. The molecule has 0 atom stereocenters. The number of hydrogen-bond donors (Lipinski definition) is 1. The minimum atomic E-state index is -0.783. The predicted molar refractivity (Wildman–Crippen MR) is 88.5 cm³/mol. The maximum Gasteiger partial charge on any atom is 0.303 e. The molecule has 0 amide bonds. The summed E-state index contributed by atoms with van der Waals surface area (Å²) in [5, 5.41) is 9.91. The molecule has 0 aliphatic heterocycles. The fourth-order valence-corrected chi connectivity index (χ4v) is 3.60. The van der Waals surface area contributed by atoms with Crippen LogP contribution < -0.4 is 0 Å². The lowest BCUT2D eigenvalue weighted by molar-refractivity contribution is -0.137. The molecule has 5 heteroatoms. The molecule has 4 nitrogen and oxygen atoms in total. The molecule has 1 heterocycles. The van der Waals surface area contributed by atoms with Crippen LogP contribution in [-0.2, 0) is 17.8 Å². The molecule has 2 rings (SSSR count). The highest BCUT2D eigenvalue weighted by Gasteiger charge is 2.20. The first-order chi connectivity index (χ1) is 10.5. The standard InChI is InChI=1S/C17H22N2O2S/c1-4-19-14(10-11-15(20)21)18-17(16(19)12(2)3)22-13-8-6-5-7-9-13/h5-9,12H,4,10-11H2,1-3H3,(H,20,21). The van der Waals surface area contributed by atoms with Crippen molar-refractivity contribution in [3.63, 3.8) is 0 Å². The molecule has 1 aromatic carbocycles. The monoisotopic (exact) mass is 318 g/mol. The zero-order chi connectivity index (χ0) is 16.1. The second kappa shape index (κ2) is 7.49. The van der Waals surface area contributed by atoms with Crippen molar-refractivity contribution in [2.75, 3.05) is 0 Å². The lowest BCUT2D eigenvalue weighted by atomic mass is 10.1. The summed E-state index contributed by atoms with van der Waals surface area (Å²) in [7, 11) is 0. The molecule has 2 aromatic rings. The van der Waals surface area contributed by atoms with Crippen molar-refractivity contribution in [2.45, 2.75) is 56.0 Å². The molecule has 22 heavy (non-hydrogen) atoms. The van der Waals surface area contributed by atoms with E-state index in [1.165, 1.54) is 5.69 Å². The van der Waals surface area contributed by atoms with Gasteiger partial charge in [-0.2, -0.15) is 0 Å². The summed E-state index contributed by atoms with van der Waals surface area (Å²) in [6.07, 6.45) is 0.586. The van der Waals surface area contributed by atoms with Gasteiger partial charge in [-0.15, -0.1) is 0 Å². The van der Waals surface area contributed by atoms with Crippen molar-refractivity contribution in [3.8, 4) is 0 Å². The molecule has 0 fully saturated rings. The molecule has 0 unspecified atom stereocenters. The summed E-state index contributed by atoms with van der Waals surface area (Å²) >= 11 is 1.65. The molecule has 0 spiro atoms. The van der Waals surface area contributed by atoms with Gasteiger partial charge in [-0.1, -0.05) is 43.8 Å². The van der Waals surface area contributed by atoms with Gasteiger partial charge in [-0.3, -0.25) is 4.79 Å². The summed E-state index contributed by atoms with van der Waals surface area (Å²) < 4.78 is 2.17. The van der Waals surface area contributed by atoms with Crippen LogP contribution in [0.15, 0.2) is 40.3 Å². The van der Waals surface area contributed by atoms with Gasteiger partial charge in [0.25, 0.3) is 0 Å². The number of benzene rings is 1. The smallest absolute Gasteiger partial charge is 0.303 e. The molecule has 1 N–H and O–H groups in total. The van der Waals surface area contributed by atoms with E-state index >= 15 is 0 Å². The predicted octanol–water partition coefficient (Wildman–Crippen LogP) is 4.19. The summed E-state index contributed by atoms with van der Waals surface area (Å²) in [5.74, 6) is 0.429. The average Bonchev–Trinajstić information content (AvgIpc) is 2.83. The summed E-state index contributed by atoms with van der Waals surface area (Å²) in [6, 6.07) is 10.2. The van der Waals surface area contributed by atoms with Crippen molar-refractivity contribution in [1.29, 1.82) is 0 Å². The number of aryl methyl sites for hydroxylation is 1. The first kappa shape index (κ1) is 16.6. The number of aromatic nitrogens is 2. The van der Waals surface area contributed by atoms with Crippen LogP contribution in [0.2, 0.25) is 0 Å². The fraction of sp³-hybridized carbons (Fsp3) is 0.412. The first-order valence-electron chi connectivity index (χ1n) is 7.56. The zero-order valence-corrected chi connectivity index (χ0v) is 14.1. The van der Waals surface area contributed by atoms with Crippen molar-refractivity contribution in [3.05, 3.63) is 41.9 Å². The van der Waals surface area contributed by atoms with E-state index in [4.69, 9.17) is 10.1 Å². The number of carboxylic acid groups (broad SMARTS) is 1. The Hall–Kier alpha value is -1.75. The van der Waals surface area contributed by atoms with Gasteiger partial charge in [0.05, 0.1) is 12.1 Å². The van der Waals surface area contributed by atoms with Crippen LogP contribution in [-0.4, -0.2) is 20.6 Å². The largest absolute Gasteiger partial charge is 0.481 e. The van der Waals surface area contributed by atoms with Crippen molar-refractivity contribution in [2.24, 2.45) is 0 Å². The Labute approximate surface area is 135 Å². The lowest BCUT2D eigenvalue weighted by Gasteiger charge is -2.13. The number of carboxylic acids is 1. The van der Waals surface area contributed by atoms with Crippen LogP contribution >= 0.6 is 11.8 Å². The second-order valence-electron chi connectivity index (χ2n) is 5.43. The van der Waals surface area contributed by atoms with E-state index in [1.807, 2.05) is 18.2 Å². The number of aliphatic carboxylic acids is 1. The number of nitrogens with zero attached hydrogens (tertiary/aromatic N) is 2. The molecular formula is C17H22N2O2S. The second-order valence-corrected chi connectivity index (χ2v) is 6.49. The first-order valence-corrected chi connectivity index (χ1v) is 8.38. The van der Waals surface area contributed by atoms with Gasteiger partial charge in [0.1, 0.15) is 10.9 Å².